The maximum Gasteiger partial charge on any atom is 0.123 e. The summed E-state index contributed by atoms with van der Waals surface area (Å²) in [6, 6.07) is 4.97. The molecule has 1 unspecified atom stereocenters. The van der Waals surface area contributed by atoms with Crippen LogP contribution in [0.2, 0.25) is 0 Å². The molecule has 0 fully saturated rings. The molecule has 0 spiro atoms. The fourth-order valence-electron chi connectivity index (χ4n) is 2.79. The van der Waals surface area contributed by atoms with E-state index in [1.54, 1.807) is 6.07 Å². The molecule has 0 saturated heterocycles. The van der Waals surface area contributed by atoms with Crippen molar-refractivity contribution in [3.05, 3.63) is 52.1 Å². The lowest BCUT2D eigenvalue weighted by atomic mass is 9.93. The molecular formula is C17H24FN3. The normalized spacial score (nSPS) is 12.7. The summed E-state index contributed by atoms with van der Waals surface area (Å²) in [6.07, 6.45) is 1.03. The fraction of sp³-hybridized carbons (Fsp3) is 0.471. The summed E-state index contributed by atoms with van der Waals surface area (Å²) in [6.45, 7) is 9.11. The van der Waals surface area contributed by atoms with Crippen molar-refractivity contribution in [1.82, 2.24) is 15.1 Å². The van der Waals surface area contributed by atoms with Crippen molar-refractivity contribution in [2.45, 2.75) is 40.2 Å². The van der Waals surface area contributed by atoms with Gasteiger partial charge in [-0.25, -0.2) is 4.39 Å². The van der Waals surface area contributed by atoms with E-state index in [4.69, 9.17) is 0 Å². The molecule has 2 rings (SSSR count). The van der Waals surface area contributed by atoms with Crippen molar-refractivity contribution in [3.8, 4) is 0 Å². The smallest absolute Gasteiger partial charge is 0.123 e. The molecule has 0 aliphatic rings. The van der Waals surface area contributed by atoms with Crippen molar-refractivity contribution in [3.63, 3.8) is 0 Å². The molecule has 1 aromatic carbocycles. The van der Waals surface area contributed by atoms with Gasteiger partial charge in [-0.2, -0.15) is 5.10 Å². The Bertz CT molecular complexity index is 631. The minimum Gasteiger partial charge on any atom is -0.306 e. The van der Waals surface area contributed by atoms with E-state index < -0.39 is 0 Å². The van der Waals surface area contributed by atoms with Crippen LogP contribution >= 0.6 is 0 Å². The Hall–Kier alpha value is -1.68. The van der Waals surface area contributed by atoms with Gasteiger partial charge in [0.15, 0.2) is 0 Å². The SMILES string of the molecule is CCCNC(c1cc(F)ccc1C)c1c(C)nn(C)c1C. The second-order valence-corrected chi connectivity index (χ2v) is 5.60. The minimum atomic E-state index is -0.196. The number of hydrogen-bond donors (Lipinski definition) is 1. The molecule has 21 heavy (non-hydrogen) atoms. The lowest BCUT2D eigenvalue weighted by Crippen LogP contribution is -2.25. The van der Waals surface area contributed by atoms with Gasteiger partial charge in [0.2, 0.25) is 0 Å². The molecule has 2 aromatic rings. The van der Waals surface area contributed by atoms with E-state index in [0.717, 1.165) is 41.0 Å². The predicted octanol–water partition coefficient (Wildman–Crippen LogP) is 3.57. The number of rotatable bonds is 5. The molecule has 1 aromatic heterocycles. The number of benzene rings is 1. The molecule has 0 amide bonds. The summed E-state index contributed by atoms with van der Waals surface area (Å²) in [7, 11) is 1.95. The Balaban J connectivity index is 2.55. The maximum atomic E-state index is 13.7. The van der Waals surface area contributed by atoms with E-state index in [-0.39, 0.29) is 11.9 Å². The quantitative estimate of drug-likeness (QED) is 0.912. The van der Waals surface area contributed by atoms with Crippen LogP contribution in [0.1, 0.15) is 47.5 Å². The lowest BCUT2D eigenvalue weighted by molar-refractivity contribution is 0.578. The van der Waals surface area contributed by atoms with Gasteiger partial charge in [0, 0.05) is 18.3 Å². The zero-order valence-corrected chi connectivity index (χ0v) is 13.5. The number of halogens is 1. The summed E-state index contributed by atoms with van der Waals surface area (Å²) >= 11 is 0. The van der Waals surface area contributed by atoms with Crippen molar-refractivity contribution in [1.29, 1.82) is 0 Å². The van der Waals surface area contributed by atoms with Crippen LogP contribution in [0, 0.1) is 26.6 Å². The third-order valence-electron chi connectivity index (χ3n) is 4.00. The summed E-state index contributed by atoms with van der Waals surface area (Å²) in [5.41, 5.74) is 5.34. The van der Waals surface area contributed by atoms with Crippen LogP contribution in [0.15, 0.2) is 18.2 Å². The first-order valence-electron chi connectivity index (χ1n) is 7.45. The Kier molecular flexibility index (Phi) is 4.78. The van der Waals surface area contributed by atoms with Gasteiger partial charge >= 0.3 is 0 Å². The molecule has 1 atom stereocenters. The Morgan fingerprint density at radius 3 is 2.57 bits per heavy atom. The number of hydrogen-bond acceptors (Lipinski definition) is 2. The molecule has 0 radical (unpaired) electrons. The Labute approximate surface area is 126 Å². The third kappa shape index (κ3) is 3.16. The number of nitrogens with zero attached hydrogens (tertiary/aromatic N) is 2. The summed E-state index contributed by atoms with van der Waals surface area (Å²) in [4.78, 5) is 0. The van der Waals surface area contributed by atoms with Crippen LogP contribution in [0.5, 0.6) is 0 Å². The summed E-state index contributed by atoms with van der Waals surface area (Å²) in [5.74, 6) is -0.196. The van der Waals surface area contributed by atoms with E-state index in [2.05, 4.69) is 24.3 Å². The zero-order chi connectivity index (χ0) is 15.6. The van der Waals surface area contributed by atoms with E-state index >= 15 is 0 Å². The van der Waals surface area contributed by atoms with Gasteiger partial charge < -0.3 is 5.32 Å². The molecule has 3 nitrogen and oxygen atoms in total. The van der Waals surface area contributed by atoms with Crippen LogP contribution in [0.3, 0.4) is 0 Å². The average molecular weight is 289 g/mol. The van der Waals surface area contributed by atoms with Gasteiger partial charge in [0.1, 0.15) is 5.82 Å². The van der Waals surface area contributed by atoms with E-state index in [1.165, 1.54) is 6.07 Å². The highest BCUT2D eigenvalue weighted by Crippen LogP contribution is 2.30. The molecule has 1 N–H and O–H groups in total. The first kappa shape index (κ1) is 15.7. The number of aryl methyl sites for hydroxylation is 3. The summed E-state index contributed by atoms with van der Waals surface area (Å²) in [5, 5.41) is 8.05. The van der Waals surface area contributed by atoms with Crippen molar-refractivity contribution >= 4 is 0 Å². The topological polar surface area (TPSA) is 29.9 Å². The van der Waals surface area contributed by atoms with Crippen molar-refractivity contribution < 1.29 is 4.39 Å². The first-order chi connectivity index (χ1) is 9.95. The standard InChI is InChI=1S/C17H24FN3/c1-6-9-19-17(15-10-14(18)8-7-11(15)2)16-12(3)20-21(5)13(16)4/h7-8,10,17,19H,6,9H2,1-5H3. The van der Waals surface area contributed by atoms with Gasteiger partial charge in [0.25, 0.3) is 0 Å². The van der Waals surface area contributed by atoms with Crippen LogP contribution in [-0.2, 0) is 7.05 Å². The number of aromatic nitrogens is 2. The monoisotopic (exact) mass is 289 g/mol. The van der Waals surface area contributed by atoms with Crippen LogP contribution in [0.25, 0.3) is 0 Å². The molecular weight excluding hydrogens is 265 g/mol. The average Bonchev–Trinajstić information content (AvgIpc) is 2.69. The molecule has 0 aliphatic carbocycles. The highest BCUT2D eigenvalue weighted by molar-refractivity contribution is 5.40. The fourth-order valence-corrected chi connectivity index (χ4v) is 2.79. The Morgan fingerprint density at radius 1 is 1.29 bits per heavy atom. The highest BCUT2D eigenvalue weighted by Gasteiger charge is 2.23. The van der Waals surface area contributed by atoms with Gasteiger partial charge in [-0.3, -0.25) is 4.68 Å². The maximum absolute atomic E-state index is 13.7. The van der Waals surface area contributed by atoms with Crippen molar-refractivity contribution in [2.24, 2.45) is 7.05 Å². The van der Waals surface area contributed by atoms with Crippen LogP contribution in [-0.4, -0.2) is 16.3 Å². The van der Waals surface area contributed by atoms with Crippen molar-refractivity contribution in [2.75, 3.05) is 6.54 Å². The van der Waals surface area contributed by atoms with E-state index in [1.807, 2.05) is 31.6 Å². The minimum absolute atomic E-state index is 0.0191. The zero-order valence-electron chi connectivity index (χ0n) is 13.5. The highest BCUT2D eigenvalue weighted by atomic mass is 19.1. The molecule has 0 saturated carbocycles. The lowest BCUT2D eigenvalue weighted by Gasteiger charge is -2.22. The van der Waals surface area contributed by atoms with Crippen LogP contribution in [0.4, 0.5) is 4.39 Å². The molecule has 1 heterocycles. The van der Waals surface area contributed by atoms with E-state index in [0.29, 0.717) is 0 Å². The van der Waals surface area contributed by atoms with Gasteiger partial charge in [0.05, 0.1) is 11.7 Å². The van der Waals surface area contributed by atoms with Gasteiger partial charge in [-0.1, -0.05) is 13.0 Å². The van der Waals surface area contributed by atoms with Gasteiger partial charge in [-0.05, 0) is 57.0 Å². The first-order valence-corrected chi connectivity index (χ1v) is 7.45. The number of nitrogens with one attached hydrogen (secondary N) is 1. The largest absolute Gasteiger partial charge is 0.306 e. The summed E-state index contributed by atoms with van der Waals surface area (Å²) < 4.78 is 15.6. The molecule has 0 aliphatic heterocycles. The van der Waals surface area contributed by atoms with E-state index in [9.17, 15) is 4.39 Å². The predicted molar refractivity (Wildman–Crippen MR) is 84.0 cm³/mol. The Morgan fingerprint density at radius 2 is 2.00 bits per heavy atom. The molecule has 114 valence electrons. The molecule has 0 bridgehead atoms. The second-order valence-electron chi connectivity index (χ2n) is 5.60. The third-order valence-corrected chi connectivity index (χ3v) is 4.00. The van der Waals surface area contributed by atoms with Crippen LogP contribution < -0.4 is 5.32 Å². The second kappa shape index (κ2) is 6.39. The molecule has 4 heteroatoms. The van der Waals surface area contributed by atoms with Gasteiger partial charge in [-0.15, -0.1) is 0 Å².